The average Bonchev–Trinajstić information content (AvgIpc) is 2.31. The minimum absolute atomic E-state index is 0.645. The van der Waals surface area contributed by atoms with E-state index in [-0.39, 0.29) is 0 Å². The third-order valence-corrected chi connectivity index (χ3v) is 3.68. The second-order valence-electron chi connectivity index (χ2n) is 4.88. The zero-order chi connectivity index (χ0) is 12.4. The monoisotopic (exact) mass is 229 g/mol. The Balaban J connectivity index is 4.17. The van der Waals surface area contributed by atoms with Crippen LogP contribution in [0.15, 0.2) is 0 Å². The molecule has 3 atom stereocenters. The molecule has 98 valence electrons. The highest BCUT2D eigenvalue weighted by molar-refractivity contribution is 4.79. The van der Waals surface area contributed by atoms with Crippen molar-refractivity contribution in [3.8, 4) is 0 Å². The molecular weight excluding hydrogens is 198 g/mol. The Labute approximate surface area is 102 Å². The largest absolute Gasteiger partial charge is 0.385 e. The normalized spacial score (nSPS) is 17.1. The molecule has 0 saturated heterocycles. The molecule has 0 spiro atoms. The third kappa shape index (κ3) is 5.86. The van der Waals surface area contributed by atoms with Crippen LogP contribution in [0.25, 0.3) is 0 Å². The fraction of sp³-hybridized carbons (Fsp3) is 1.00. The summed E-state index contributed by atoms with van der Waals surface area (Å²) >= 11 is 0. The first-order chi connectivity index (χ1) is 7.71. The van der Waals surface area contributed by atoms with Crippen molar-refractivity contribution in [3.05, 3.63) is 0 Å². The summed E-state index contributed by atoms with van der Waals surface area (Å²) in [4.78, 5) is 0. The molecule has 2 heteroatoms. The molecule has 3 unspecified atom stereocenters. The molecule has 0 aliphatic carbocycles. The Bertz CT molecular complexity index is 150. The average molecular weight is 229 g/mol. The summed E-state index contributed by atoms with van der Waals surface area (Å²) in [6.45, 7) is 7.81. The fourth-order valence-corrected chi connectivity index (χ4v) is 2.57. The molecule has 0 aromatic carbocycles. The van der Waals surface area contributed by atoms with Crippen molar-refractivity contribution in [2.24, 2.45) is 11.8 Å². The Morgan fingerprint density at radius 1 is 1.19 bits per heavy atom. The first kappa shape index (κ1) is 15.9. The van der Waals surface area contributed by atoms with Gasteiger partial charge in [-0.2, -0.15) is 0 Å². The number of unbranched alkanes of at least 4 members (excludes halogenated alkanes) is 1. The first-order valence-corrected chi connectivity index (χ1v) is 6.87. The molecule has 0 aromatic heterocycles. The van der Waals surface area contributed by atoms with Crippen molar-refractivity contribution in [2.75, 3.05) is 20.8 Å². The molecule has 0 aliphatic rings. The second-order valence-corrected chi connectivity index (χ2v) is 4.88. The van der Waals surface area contributed by atoms with Gasteiger partial charge in [-0.15, -0.1) is 0 Å². The zero-order valence-corrected chi connectivity index (χ0v) is 11.9. The molecule has 0 radical (unpaired) electrons. The van der Waals surface area contributed by atoms with E-state index in [9.17, 15) is 0 Å². The number of methoxy groups -OCH3 is 1. The van der Waals surface area contributed by atoms with Gasteiger partial charge in [0, 0.05) is 19.8 Å². The lowest BCUT2D eigenvalue weighted by Gasteiger charge is -2.31. The summed E-state index contributed by atoms with van der Waals surface area (Å²) in [6, 6.07) is 0.645. The molecular formula is C14H31NO. The van der Waals surface area contributed by atoms with Crippen molar-refractivity contribution in [1.29, 1.82) is 0 Å². The summed E-state index contributed by atoms with van der Waals surface area (Å²) in [6.07, 6.45) is 6.45. The van der Waals surface area contributed by atoms with Crippen molar-refractivity contribution in [2.45, 2.75) is 58.9 Å². The van der Waals surface area contributed by atoms with Crippen LogP contribution in [0.4, 0.5) is 0 Å². The van der Waals surface area contributed by atoms with Gasteiger partial charge in [0.25, 0.3) is 0 Å². The molecule has 1 N–H and O–H groups in total. The minimum Gasteiger partial charge on any atom is -0.385 e. The quantitative estimate of drug-likeness (QED) is 0.619. The Kier molecular flexibility index (Phi) is 10.0. The second kappa shape index (κ2) is 10.1. The van der Waals surface area contributed by atoms with Crippen LogP contribution in [0.3, 0.4) is 0 Å². The van der Waals surface area contributed by atoms with Gasteiger partial charge in [0.15, 0.2) is 0 Å². The van der Waals surface area contributed by atoms with Crippen LogP contribution in [0.1, 0.15) is 52.9 Å². The maximum Gasteiger partial charge on any atom is 0.0465 e. The van der Waals surface area contributed by atoms with Gasteiger partial charge < -0.3 is 10.1 Å². The first-order valence-electron chi connectivity index (χ1n) is 6.87. The van der Waals surface area contributed by atoms with E-state index < -0.39 is 0 Å². The van der Waals surface area contributed by atoms with Crippen molar-refractivity contribution < 1.29 is 4.74 Å². The van der Waals surface area contributed by atoms with Crippen LogP contribution in [0.2, 0.25) is 0 Å². The fourth-order valence-electron chi connectivity index (χ4n) is 2.57. The zero-order valence-electron chi connectivity index (χ0n) is 11.9. The van der Waals surface area contributed by atoms with Gasteiger partial charge in [0.1, 0.15) is 0 Å². The molecule has 2 nitrogen and oxygen atoms in total. The number of hydrogen-bond acceptors (Lipinski definition) is 2. The van der Waals surface area contributed by atoms with Gasteiger partial charge in [-0.3, -0.25) is 0 Å². The van der Waals surface area contributed by atoms with E-state index in [4.69, 9.17) is 4.74 Å². The predicted octanol–water partition coefficient (Wildman–Crippen LogP) is 3.46. The maximum absolute atomic E-state index is 5.17. The molecule has 16 heavy (non-hydrogen) atoms. The predicted molar refractivity (Wildman–Crippen MR) is 71.8 cm³/mol. The van der Waals surface area contributed by atoms with E-state index in [1.165, 1.54) is 25.7 Å². The van der Waals surface area contributed by atoms with E-state index >= 15 is 0 Å². The van der Waals surface area contributed by atoms with Crippen molar-refractivity contribution in [1.82, 2.24) is 5.32 Å². The lowest BCUT2D eigenvalue weighted by molar-refractivity contribution is 0.156. The molecule has 0 fully saturated rings. The smallest absolute Gasteiger partial charge is 0.0465 e. The van der Waals surface area contributed by atoms with Crippen LogP contribution >= 0.6 is 0 Å². The van der Waals surface area contributed by atoms with E-state index in [0.29, 0.717) is 12.0 Å². The summed E-state index contributed by atoms with van der Waals surface area (Å²) in [5, 5.41) is 3.52. The topological polar surface area (TPSA) is 21.3 Å². The van der Waals surface area contributed by atoms with Crippen LogP contribution in [0, 0.1) is 11.8 Å². The summed E-state index contributed by atoms with van der Waals surface area (Å²) < 4.78 is 5.17. The highest BCUT2D eigenvalue weighted by Crippen LogP contribution is 2.23. The van der Waals surface area contributed by atoms with Crippen LogP contribution in [-0.4, -0.2) is 26.8 Å². The maximum atomic E-state index is 5.17. The van der Waals surface area contributed by atoms with Gasteiger partial charge in [-0.1, -0.05) is 40.0 Å². The van der Waals surface area contributed by atoms with E-state index in [1.807, 2.05) is 0 Å². The number of nitrogens with one attached hydrogen (secondary N) is 1. The molecule has 0 aromatic rings. The molecule has 0 bridgehead atoms. The Morgan fingerprint density at radius 2 is 1.88 bits per heavy atom. The van der Waals surface area contributed by atoms with E-state index in [2.05, 4.69) is 33.1 Å². The number of ether oxygens (including phenoxy) is 1. The van der Waals surface area contributed by atoms with Gasteiger partial charge in [-0.05, 0) is 31.7 Å². The molecule has 0 rings (SSSR count). The molecule has 0 heterocycles. The van der Waals surface area contributed by atoms with Gasteiger partial charge in [0.05, 0.1) is 0 Å². The number of rotatable bonds is 10. The van der Waals surface area contributed by atoms with Crippen molar-refractivity contribution >= 4 is 0 Å². The Morgan fingerprint density at radius 3 is 2.31 bits per heavy atom. The third-order valence-electron chi connectivity index (χ3n) is 3.68. The molecule has 0 amide bonds. The van der Waals surface area contributed by atoms with E-state index in [0.717, 1.165) is 18.9 Å². The standard InChI is InChI=1S/C14H31NO/c1-6-8-9-13(7-2)14(15-4)12(3)10-11-16-5/h12-15H,6-11H2,1-5H3. The summed E-state index contributed by atoms with van der Waals surface area (Å²) in [7, 11) is 3.89. The lowest BCUT2D eigenvalue weighted by atomic mass is 9.83. The SMILES string of the molecule is CCCCC(CC)C(NC)C(C)CCOC. The van der Waals surface area contributed by atoms with E-state index in [1.54, 1.807) is 7.11 Å². The highest BCUT2D eigenvalue weighted by Gasteiger charge is 2.23. The van der Waals surface area contributed by atoms with Gasteiger partial charge in [-0.25, -0.2) is 0 Å². The van der Waals surface area contributed by atoms with Crippen molar-refractivity contribution in [3.63, 3.8) is 0 Å². The van der Waals surface area contributed by atoms with Crippen LogP contribution in [0.5, 0.6) is 0 Å². The van der Waals surface area contributed by atoms with Gasteiger partial charge >= 0.3 is 0 Å². The Hall–Kier alpha value is -0.0800. The lowest BCUT2D eigenvalue weighted by Crippen LogP contribution is -2.39. The van der Waals surface area contributed by atoms with Crippen LogP contribution < -0.4 is 5.32 Å². The van der Waals surface area contributed by atoms with Crippen LogP contribution in [-0.2, 0) is 4.74 Å². The summed E-state index contributed by atoms with van der Waals surface area (Å²) in [5.74, 6) is 1.52. The number of hydrogen-bond donors (Lipinski definition) is 1. The summed E-state index contributed by atoms with van der Waals surface area (Å²) in [5.41, 5.74) is 0. The molecule has 0 saturated carbocycles. The molecule has 0 aliphatic heterocycles. The van der Waals surface area contributed by atoms with Gasteiger partial charge in [0.2, 0.25) is 0 Å². The highest BCUT2D eigenvalue weighted by atomic mass is 16.5. The minimum atomic E-state index is 0.645.